The predicted molar refractivity (Wildman–Crippen MR) is 91.8 cm³/mol. The number of hydrogen-bond donors (Lipinski definition) is 2. The van der Waals surface area contributed by atoms with Crippen molar-refractivity contribution >= 4 is 24.3 Å². The Morgan fingerprint density at radius 3 is 2.39 bits per heavy atom. The summed E-state index contributed by atoms with van der Waals surface area (Å²) in [7, 11) is 0. The number of carbonyl (C=O) groups is 2. The Balaban J connectivity index is 0.00000192. The molecule has 3 aliphatic rings. The first kappa shape index (κ1) is 18.3. The normalized spacial score (nSPS) is 28.2. The van der Waals surface area contributed by atoms with Crippen LogP contribution in [0.2, 0.25) is 0 Å². The number of urea groups is 1. The second-order valence-corrected chi connectivity index (χ2v) is 6.81. The van der Waals surface area contributed by atoms with Crippen molar-refractivity contribution in [3.8, 4) is 0 Å². The Morgan fingerprint density at radius 1 is 0.957 bits per heavy atom. The molecule has 23 heavy (non-hydrogen) atoms. The Morgan fingerprint density at radius 2 is 1.70 bits per heavy atom. The number of nitrogens with zero attached hydrogens (tertiary/aromatic N) is 2. The van der Waals surface area contributed by atoms with Gasteiger partial charge in [-0.25, -0.2) is 4.79 Å². The van der Waals surface area contributed by atoms with E-state index in [2.05, 4.69) is 10.6 Å². The third kappa shape index (κ3) is 4.73. The monoisotopic (exact) mass is 344 g/mol. The maximum Gasteiger partial charge on any atom is 0.320 e. The lowest BCUT2D eigenvalue weighted by molar-refractivity contribution is -0.127. The van der Waals surface area contributed by atoms with Crippen LogP contribution in [0, 0.1) is 5.92 Å². The summed E-state index contributed by atoms with van der Waals surface area (Å²) >= 11 is 0. The zero-order valence-electron chi connectivity index (χ0n) is 13.8. The lowest BCUT2D eigenvalue weighted by atomic mass is 9.96. The van der Waals surface area contributed by atoms with Crippen molar-refractivity contribution in [1.82, 2.24) is 20.4 Å². The smallest absolute Gasteiger partial charge is 0.320 e. The summed E-state index contributed by atoms with van der Waals surface area (Å²) in [6, 6.07) is 0.389. The average molecular weight is 345 g/mol. The van der Waals surface area contributed by atoms with E-state index in [1.807, 2.05) is 9.80 Å². The highest BCUT2D eigenvalue weighted by molar-refractivity contribution is 5.85. The van der Waals surface area contributed by atoms with Crippen molar-refractivity contribution in [2.75, 3.05) is 39.3 Å². The minimum atomic E-state index is -0.0396. The van der Waals surface area contributed by atoms with Crippen LogP contribution in [-0.4, -0.2) is 67.0 Å². The lowest BCUT2D eigenvalue weighted by Gasteiger charge is -2.35. The Labute approximate surface area is 144 Å². The average Bonchev–Trinajstić information content (AvgIpc) is 3.09. The van der Waals surface area contributed by atoms with Gasteiger partial charge < -0.3 is 20.4 Å². The van der Waals surface area contributed by atoms with Gasteiger partial charge in [0.2, 0.25) is 5.91 Å². The highest BCUT2D eigenvalue weighted by Gasteiger charge is 2.32. The van der Waals surface area contributed by atoms with Crippen molar-refractivity contribution < 1.29 is 9.59 Å². The van der Waals surface area contributed by atoms with Crippen LogP contribution >= 0.6 is 12.4 Å². The van der Waals surface area contributed by atoms with E-state index in [0.717, 1.165) is 71.2 Å². The Hall–Kier alpha value is -1.01. The highest BCUT2D eigenvalue weighted by Crippen LogP contribution is 2.20. The number of rotatable bonds is 2. The van der Waals surface area contributed by atoms with Crippen molar-refractivity contribution in [3.05, 3.63) is 0 Å². The van der Waals surface area contributed by atoms with E-state index >= 15 is 0 Å². The predicted octanol–water partition coefficient (Wildman–Crippen LogP) is 1.20. The standard InChI is InChI=1S/C16H28N4O2.ClH/c21-15(18-14-6-3-7-17-11-14)13-5-4-10-20(12-13)16(22)19-8-1-2-9-19;/h13-14,17H,1-12H2,(H,18,21);1H/t13?,14-;/m0./s1. The first-order chi connectivity index (χ1) is 10.7. The summed E-state index contributed by atoms with van der Waals surface area (Å²) in [6.07, 6.45) is 6.23. The van der Waals surface area contributed by atoms with Gasteiger partial charge in [0.15, 0.2) is 0 Å². The van der Waals surface area contributed by atoms with Gasteiger partial charge in [0.25, 0.3) is 0 Å². The number of hydrogen-bond acceptors (Lipinski definition) is 3. The number of carbonyl (C=O) groups excluding carboxylic acids is 2. The van der Waals surface area contributed by atoms with E-state index in [0.29, 0.717) is 6.54 Å². The number of piperidine rings is 2. The molecule has 7 heteroatoms. The molecule has 0 spiro atoms. The molecule has 3 amide bonds. The molecule has 1 unspecified atom stereocenters. The first-order valence-electron chi connectivity index (χ1n) is 8.79. The van der Waals surface area contributed by atoms with Gasteiger partial charge in [0, 0.05) is 38.8 Å². The van der Waals surface area contributed by atoms with Gasteiger partial charge in [0.1, 0.15) is 0 Å². The molecule has 0 saturated carbocycles. The van der Waals surface area contributed by atoms with Gasteiger partial charge in [-0.3, -0.25) is 4.79 Å². The molecule has 6 nitrogen and oxygen atoms in total. The molecular weight excluding hydrogens is 316 g/mol. The van der Waals surface area contributed by atoms with Crippen molar-refractivity contribution in [1.29, 1.82) is 0 Å². The molecule has 3 saturated heterocycles. The fraction of sp³-hybridized carbons (Fsp3) is 0.875. The molecule has 3 heterocycles. The van der Waals surface area contributed by atoms with Gasteiger partial charge in [0.05, 0.1) is 5.92 Å². The molecule has 3 fully saturated rings. The summed E-state index contributed by atoms with van der Waals surface area (Å²) in [5, 5.41) is 6.49. The van der Waals surface area contributed by atoms with Gasteiger partial charge in [-0.1, -0.05) is 0 Å². The zero-order chi connectivity index (χ0) is 15.4. The second kappa shape index (κ2) is 8.73. The number of amides is 3. The van der Waals surface area contributed by atoms with Crippen LogP contribution in [0.4, 0.5) is 4.79 Å². The maximum atomic E-state index is 12.5. The van der Waals surface area contributed by atoms with E-state index in [9.17, 15) is 9.59 Å². The fourth-order valence-corrected chi connectivity index (χ4v) is 3.77. The lowest BCUT2D eigenvalue weighted by Crippen LogP contribution is -2.52. The number of halogens is 1. The van der Waals surface area contributed by atoms with Crippen molar-refractivity contribution in [3.63, 3.8) is 0 Å². The van der Waals surface area contributed by atoms with Crippen molar-refractivity contribution in [2.24, 2.45) is 5.92 Å². The quantitative estimate of drug-likeness (QED) is 0.791. The fourth-order valence-electron chi connectivity index (χ4n) is 3.77. The molecule has 3 rings (SSSR count). The van der Waals surface area contributed by atoms with E-state index in [1.54, 1.807) is 0 Å². The summed E-state index contributed by atoms with van der Waals surface area (Å²) in [5.74, 6) is 0.0925. The number of nitrogens with one attached hydrogen (secondary N) is 2. The minimum Gasteiger partial charge on any atom is -0.352 e. The van der Waals surface area contributed by atoms with Crippen LogP contribution < -0.4 is 10.6 Å². The molecule has 0 radical (unpaired) electrons. The van der Waals surface area contributed by atoms with Crippen LogP contribution in [0.5, 0.6) is 0 Å². The molecule has 0 aromatic carbocycles. The molecule has 2 N–H and O–H groups in total. The molecular formula is C16H29ClN4O2. The minimum absolute atomic E-state index is 0. The van der Waals surface area contributed by atoms with E-state index < -0.39 is 0 Å². The van der Waals surface area contributed by atoms with Crippen LogP contribution in [0.1, 0.15) is 38.5 Å². The summed E-state index contributed by atoms with van der Waals surface area (Å²) in [4.78, 5) is 28.8. The largest absolute Gasteiger partial charge is 0.352 e. The van der Waals surface area contributed by atoms with Gasteiger partial charge >= 0.3 is 6.03 Å². The Bertz CT molecular complexity index is 409. The Kier molecular flexibility index (Phi) is 6.96. The van der Waals surface area contributed by atoms with E-state index in [1.165, 1.54) is 0 Å². The topological polar surface area (TPSA) is 64.7 Å². The molecule has 2 atom stereocenters. The molecule has 0 aliphatic carbocycles. The maximum absolute atomic E-state index is 12.5. The second-order valence-electron chi connectivity index (χ2n) is 6.81. The summed E-state index contributed by atoms with van der Waals surface area (Å²) in [5.41, 5.74) is 0. The molecule has 132 valence electrons. The van der Waals surface area contributed by atoms with E-state index in [4.69, 9.17) is 0 Å². The van der Waals surface area contributed by atoms with Gasteiger partial charge in [-0.05, 0) is 45.1 Å². The van der Waals surface area contributed by atoms with Crippen LogP contribution in [0.15, 0.2) is 0 Å². The molecule has 3 aliphatic heterocycles. The zero-order valence-corrected chi connectivity index (χ0v) is 14.6. The third-order valence-electron chi connectivity index (χ3n) is 5.08. The molecule has 0 aromatic rings. The van der Waals surface area contributed by atoms with Crippen LogP contribution in [-0.2, 0) is 4.79 Å². The number of likely N-dealkylation sites (tertiary alicyclic amines) is 2. The van der Waals surface area contributed by atoms with Crippen LogP contribution in [0.25, 0.3) is 0 Å². The molecule has 0 aromatic heterocycles. The third-order valence-corrected chi connectivity index (χ3v) is 5.08. The van der Waals surface area contributed by atoms with Gasteiger partial charge in [-0.2, -0.15) is 0 Å². The highest BCUT2D eigenvalue weighted by atomic mass is 35.5. The summed E-state index contributed by atoms with van der Waals surface area (Å²) in [6.45, 7) is 5.05. The van der Waals surface area contributed by atoms with Gasteiger partial charge in [-0.15, -0.1) is 12.4 Å². The van der Waals surface area contributed by atoms with Crippen molar-refractivity contribution in [2.45, 2.75) is 44.6 Å². The van der Waals surface area contributed by atoms with Crippen LogP contribution in [0.3, 0.4) is 0 Å². The first-order valence-corrected chi connectivity index (χ1v) is 8.79. The SMILES string of the molecule is Cl.O=C(N[C@H]1CCCNC1)C1CCCN(C(=O)N2CCCC2)C1. The summed E-state index contributed by atoms with van der Waals surface area (Å²) < 4.78 is 0. The molecule has 0 bridgehead atoms. The van der Waals surface area contributed by atoms with E-state index in [-0.39, 0.29) is 36.3 Å².